The molecule has 0 aliphatic rings. The molecule has 1 heterocycles. The Labute approximate surface area is 93.8 Å². The van der Waals surface area contributed by atoms with Crippen molar-refractivity contribution in [2.24, 2.45) is 7.05 Å². The van der Waals surface area contributed by atoms with E-state index < -0.39 is 4.92 Å². The second-order valence-electron chi connectivity index (χ2n) is 3.45. The number of nitrogens with one attached hydrogen (secondary N) is 1. The van der Waals surface area contributed by atoms with Gasteiger partial charge in [-0.05, 0) is 6.42 Å². The lowest BCUT2D eigenvalue weighted by molar-refractivity contribution is -0.384. The molecule has 1 rings (SSSR count). The zero-order valence-electron chi connectivity index (χ0n) is 9.30. The van der Waals surface area contributed by atoms with Gasteiger partial charge in [-0.15, -0.1) is 17.4 Å². The van der Waals surface area contributed by atoms with Gasteiger partial charge in [-0.3, -0.25) is 14.8 Å². The molecule has 0 radical (unpaired) electrons. The van der Waals surface area contributed by atoms with Crippen LogP contribution in [0.1, 0.15) is 19.8 Å². The fraction of sp³-hybridized carbons (Fsp3) is 0.500. The average molecular weight is 222 g/mol. The van der Waals surface area contributed by atoms with E-state index in [1.807, 2.05) is 6.92 Å². The molecule has 0 aliphatic heterocycles. The van der Waals surface area contributed by atoms with Gasteiger partial charge < -0.3 is 5.32 Å². The molecule has 0 fully saturated rings. The highest BCUT2D eigenvalue weighted by atomic mass is 16.6. The van der Waals surface area contributed by atoms with Crippen molar-refractivity contribution in [3.05, 3.63) is 16.3 Å². The van der Waals surface area contributed by atoms with E-state index in [-0.39, 0.29) is 17.5 Å². The maximum Gasteiger partial charge on any atom is 0.330 e. The van der Waals surface area contributed by atoms with E-state index in [0.29, 0.717) is 6.42 Å². The molecule has 0 saturated carbocycles. The minimum Gasteiger partial charge on any atom is -0.359 e. The zero-order chi connectivity index (χ0) is 12.1. The van der Waals surface area contributed by atoms with Crippen LogP contribution in [-0.4, -0.2) is 20.7 Å². The Kier molecular flexibility index (Phi) is 3.89. The van der Waals surface area contributed by atoms with Crippen LogP contribution in [-0.2, 0) is 7.05 Å². The largest absolute Gasteiger partial charge is 0.359 e. The van der Waals surface area contributed by atoms with Gasteiger partial charge in [-0.2, -0.15) is 0 Å². The van der Waals surface area contributed by atoms with E-state index in [2.05, 4.69) is 16.3 Å². The van der Waals surface area contributed by atoms with E-state index in [1.54, 1.807) is 7.05 Å². The van der Waals surface area contributed by atoms with Crippen molar-refractivity contribution in [3.63, 3.8) is 0 Å². The Morgan fingerprint density at radius 1 is 1.81 bits per heavy atom. The third-order valence-electron chi connectivity index (χ3n) is 2.20. The van der Waals surface area contributed by atoms with Crippen LogP contribution < -0.4 is 5.32 Å². The first-order valence-corrected chi connectivity index (χ1v) is 4.96. The molecule has 6 nitrogen and oxygen atoms in total. The first kappa shape index (κ1) is 12.0. The minimum atomic E-state index is -0.460. The van der Waals surface area contributed by atoms with Crippen LogP contribution in [0.3, 0.4) is 0 Å². The maximum atomic E-state index is 10.7. The van der Waals surface area contributed by atoms with Crippen LogP contribution in [0.5, 0.6) is 0 Å². The van der Waals surface area contributed by atoms with Gasteiger partial charge in [0.25, 0.3) is 0 Å². The lowest BCUT2D eigenvalue weighted by Gasteiger charge is -2.12. The summed E-state index contributed by atoms with van der Waals surface area (Å²) in [6, 6.07) is 0.0126. The fourth-order valence-electron chi connectivity index (χ4n) is 1.35. The molecule has 0 amide bonds. The number of nitro groups is 1. The number of aryl methyl sites for hydroxylation is 1. The van der Waals surface area contributed by atoms with Gasteiger partial charge in [0.05, 0.1) is 4.92 Å². The smallest absolute Gasteiger partial charge is 0.330 e. The van der Waals surface area contributed by atoms with E-state index in [0.717, 1.165) is 6.42 Å². The summed E-state index contributed by atoms with van der Waals surface area (Å²) >= 11 is 0. The van der Waals surface area contributed by atoms with Crippen molar-refractivity contribution in [2.75, 3.05) is 5.32 Å². The molecule has 1 unspecified atom stereocenters. The lowest BCUT2D eigenvalue weighted by Crippen LogP contribution is -2.18. The quantitative estimate of drug-likeness (QED) is 0.466. The zero-order valence-corrected chi connectivity index (χ0v) is 9.30. The van der Waals surface area contributed by atoms with Gasteiger partial charge in [0.15, 0.2) is 0 Å². The van der Waals surface area contributed by atoms with Crippen molar-refractivity contribution >= 4 is 11.5 Å². The van der Waals surface area contributed by atoms with Crippen LogP contribution in [0.2, 0.25) is 0 Å². The first-order chi connectivity index (χ1) is 7.58. The van der Waals surface area contributed by atoms with Crippen molar-refractivity contribution in [3.8, 4) is 12.3 Å². The molecule has 16 heavy (non-hydrogen) atoms. The van der Waals surface area contributed by atoms with Gasteiger partial charge in [0.1, 0.15) is 6.20 Å². The van der Waals surface area contributed by atoms with Crippen LogP contribution in [0, 0.1) is 22.5 Å². The van der Waals surface area contributed by atoms with Gasteiger partial charge in [-0.25, -0.2) is 0 Å². The molecule has 0 saturated heterocycles. The number of nitrogens with zero attached hydrogens (tertiary/aromatic N) is 3. The molecule has 1 N–H and O–H groups in total. The standard InChI is InChI=1S/C10H14N4O2/c1-4-6-8(5-2)11-10-9(14(15)16)7-13(3)12-10/h1,7-8H,5-6H2,2-3H3,(H,11,12). The van der Waals surface area contributed by atoms with E-state index in [4.69, 9.17) is 6.42 Å². The summed E-state index contributed by atoms with van der Waals surface area (Å²) < 4.78 is 1.41. The third kappa shape index (κ3) is 2.73. The molecule has 0 aliphatic carbocycles. The van der Waals surface area contributed by atoms with E-state index >= 15 is 0 Å². The number of hydrogen-bond acceptors (Lipinski definition) is 4. The van der Waals surface area contributed by atoms with E-state index in [1.165, 1.54) is 10.9 Å². The van der Waals surface area contributed by atoms with E-state index in [9.17, 15) is 10.1 Å². The Morgan fingerprint density at radius 3 is 3.00 bits per heavy atom. The Morgan fingerprint density at radius 2 is 2.50 bits per heavy atom. The van der Waals surface area contributed by atoms with Gasteiger partial charge in [0, 0.05) is 19.5 Å². The highest BCUT2D eigenvalue weighted by molar-refractivity contribution is 5.55. The highest BCUT2D eigenvalue weighted by Crippen LogP contribution is 2.23. The topological polar surface area (TPSA) is 73.0 Å². The number of aromatic nitrogens is 2. The Hall–Kier alpha value is -2.03. The first-order valence-electron chi connectivity index (χ1n) is 4.96. The summed E-state index contributed by atoms with van der Waals surface area (Å²) in [4.78, 5) is 10.3. The molecule has 86 valence electrons. The molecular weight excluding hydrogens is 208 g/mol. The van der Waals surface area contributed by atoms with Gasteiger partial charge >= 0.3 is 5.69 Å². The summed E-state index contributed by atoms with van der Waals surface area (Å²) in [5, 5.41) is 17.7. The van der Waals surface area contributed by atoms with Gasteiger partial charge in [0.2, 0.25) is 5.82 Å². The second kappa shape index (κ2) is 5.16. The number of anilines is 1. The molecular formula is C10H14N4O2. The monoisotopic (exact) mass is 222 g/mol. The normalized spacial score (nSPS) is 11.8. The third-order valence-corrected chi connectivity index (χ3v) is 2.20. The number of terminal acetylenes is 1. The van der Waals surface area contributed by atoms with Crippen molar-refractivity contribution in [2.45, 2.75) is 25.8 Å². The predicted octanol–water partition coefficient (Wildman–Crippen LogP) is 1.54. The molecule has 1 aromatic rings. The summed E-state index contributed by atoms with van der Waals surface area (Å²) in [7, 11) is 1.64. The SMILES string of the molecule is C#CCC(CC)Nc1nn(C)cc1[N+](=O)[O-]. The summed E-state index contributed by atoms with van der Waals surface area (Å²) in [5.74, 6) is 2.80. The summed E-state index contributed by atoms with van der Waals surface area (Å²) in [6.45, 7) is 1.96. The van der Waals surface area contributed by atoms with Crippen LogP contribution in [0.25, 0.3) is 0 Å². The Bertz CT molecular complexity index is 419. The average Bonchev–Trinajstić information content (AvgIpc) is 2.59. The molecule has 0 bridgehead atoms. The second-order valence-corrected chi connectivity index (χ2v) is 3.45. The molecule has 6 heteroatoms. The molecule has 0 aromatic carbocycles. The highest BCUT2D eigenvalue weighted by Gasteiger charge is 2.20. The summed E-state index contributed by atoms with van der Waals surface area (Å²) in [6.07, 6.45) is 7.89. The number of rotatable bonds is 5. The molecule has 0 spiro atoms. The molecule has 1 atom stereocenters. The van der Waals surface area contributed by atoms with Crippen molar-refractivity contribution < 1.29 is 4.92 Å². The summed E-state index contributed by atoms with van der Waals surface area (Å²) in [5.41, 5.74) is -0.0297. The van der Waals surface area contributed by atoms with Crippen LogP contribution in [0.4, 0.5) is 11.5 Å². The molecule has 1 aromatic heterocycles. The minimum absolute atomic E-state index is 0.0126. The number of hydrogen-bond donors (Lipinski definition) is 1. The van der Waals surface area contributed by atoms with Crippen LogP contribution >= 0.6 is 0 Å². The van der Waals surface area contributed by atoms with Crippen molar-refractivity contribution in [1.82, 2.24) is 9.78 Å². The maximum absolute atomic E-state index is 10.7. The Balaban J connectivity index is 2.87. The van der Waals surface area contributed by atoms with Crippen molar-refractivity contribution in [1.29, 1.82) is 0 Å². The van der Waals surface area contributed by atoms with Gasteiger partial charge in [-0.1, -0.05) is 6.92 Å². The lowest BCUT2D eigenvalue weighted by atomic mass is 10.1. The van der Waals surface area contributed by atoms with Crippen LogP contribution in [0.15, 0.2) is 6.20 Å². The predicted molar refractivity (Wildman–Crippen MR) is 61.0 cm³/mol. The fourth-order valence-corrected chi connectivity index (χ4v) is 1.35.